The fourth-order valence-electron chi connectivity index (χ4n) is 4.85. The normalized spacial score (nSPS) is 20.8. The molecular formula is C26H23ClN2O4S. The second kappa shape index (κ2) is 8.49. The van der Waals surface area contributed by atoms with Crippen LogP contribution in [0.3, 0.4) is 0 Å². The van der Waals surface area contributed by atoms with Gasteiger partial charge in [-0.15, -0.1) is 0 Å². The lowest BCUT2D eigenvalue weighted by Gasteiger charge is -2.37. The fourth-order valence-corrected chi connectivity index (χ4v) is 6.24. The second-order valence-corrected chi connectivity index (χ2v) is 10.8. The van der Waals surface area contributed by atoms with E-state index in [1.807, 2.05) is 12.1 Å². The van der Waals surface area contributed by atoms with Crippen LogP contribution >= 0.6 is 11.6 Å². The highest BCUT2D eigenvalue weighted by atomic mass is 35.5. The van der Waals surface area contributed by atoms with Crippen molar-refractivity contribution in [2.45, 2.75) is 30.2 Å². The zero-order chi connectivity index (χ0) is 24.0. The van der Waals surface area contributed by atoms with Crippen LogP contribution in [0, 0.1) is 12.8 Å². The molecule has 0 radical (unpaired) electrons. The third-order valence-electron chi connectivity index (χ3n) is 6.59. The number of aryl methyl sites for hydroxylation is 1. The largest absolute Gasteiger partial charge is 0.478 e. The Morgan fingerprint density at radius 3 is 2.56 bits per heavy atom. The summed E-state index contributed by atoms with van der Waals surface area (Å²) in [6.45, 7) is 1.80. The van der Waals surface area contributed by atoms with Gasteiger partial charge < -0.3 is 10.4 Å². The quantitative estimate of drug-likeness (QED) is 0.379. The predicted molar refractivity (Wildman–Crippen MR) is 133 cm³/mol. The number of hydrogen-bond acceptors (Lipinski definition) is 4. The molecule has 3 aromatic rings. The van der Waals surface area contributed by atoms with Crippen LogP contribution in [0.1, 0.15) is 45.4 Å². The van der Waals surface area contributed by atoms with Crippen LogP contribution in [0.15, 0.2) is 77.7 Å². The molecule has 0 saturated heterocycles. The summed E-state index contributed by atoms with van der Waals surface area (Å²) in [6.07, 6.45) is 5.11. The van der Waals surface area contributed by atoms with Crippen LogP contribution in [0.5, 0.6) is 0 Å². The molecule has 0 fully saturated rings. The molecule has 0 amide bonds. The predicted octanol–water partition coefficient (Wildman–Crippen LogP) is 5.97. The average molecular weight is 495 g/mol. The molecule has 8 heteroatoms. The number of sulfonamides is 1. The molecule has 1 heterocycles. The molecule has 174 valence electrons. The summed E-state index contributed by atoms with van der Waals surface area (Å²) in [4.78, 5) is 11.4. The average Bonchev–Trinajstić information content (AvgIpc) is 3.30. The van der Waals surface area contributed by atoms with Crippen molar-refractivity contribution in [2.24, 2.45) is 5.92 Å². The number of allylic oxidation sites excluding steroid dienone is 2. The van der Waals surface area contributed by atoms with E-state index in [0.717, 1.165) is 28.8 Å². The highest BCUT2D eigenvalue weighted by Crippen LogP contribution is 2.50. The monoisotopic (exact) mass is 494 g/mol. The van der Waals surface area contributed by atoms with Gasteiger partial charge in [-0.2, -0.15) is 0 Å². The number of fused-ring (bicyclic) bond motifs is 3. The van der Waals surface area contributed by atoms with Gasteiger partial charge in [-0.3, -0.25) is 4.72 Å². The van der Waals surface area contributed by atoms with E-state index < -0.39 is 16.0 Å². The van der Waals surface area contributed by atoms with Crippen molar-refractivity contribution in [1.82, 2.24) is 0 Å². The van der Waals surface area contributed by atoms with Gasteiger partial charge in [0.05, 0.1) is 22.2 Å². The van der Waals surface area contributed by atoms with Gasteiger partial charge in [0, 0.05) is 16.6 Å². The molecule has 0 saturated carbocycles. The third kappa shape index (κ3) is 4.06. The SMILES string of the molecule is Cc1cc(Cl)ccc1NS(=O)(=O)c1ccc2c(c1)[C@H]1C=CC[C@@H]1[C@H](c1ccc(C(=O)O)cc1)N2. The Hall–Kier alpha value is -3.29. The number of rotatable bonds is 5. The van der Waals surface area contributed by atoms with Crippen LogP contribution in [-0.2, 0) is 10.0 Å². The van der Waals surface area contributed by atoms with Crippen molar-refractivity contribution in [3.63, 3.8) is 0 Å². The molecule has 0 bridgehead atoms. The maximum atomic E-state index is 13.2. The van der Waals surface area contributed by atoms with Gasteiger partial charge in [0.15, 0.2) is 0 Å². The molecule has 3 N–H and O–H groups in total. The Morgan fingerprint density at radius 1 is 1.09 bits per heavy atom. The molecular weight excluding hydrogens is 472 g/mol. The standard InChI is InChI=1S/C26H23ClN2O4S/c1-15-13-18(27)9-11-23(15)29-34(32,33)19-10-12-24-22(14-19)20-3-2-4-21(20)25(28-24)16-5-7-17(8-6-16)26(30)31/h2-3,5-14,20-21,25,28-29H,4H2,1H3,(H,30,31)/t20-,21-,25-/m0/s1. The van der Waals surface area contributed by atoms with Crippen LogP contribution in [0.4, 0.5) is 11.4 Å². The number of aromatic carboxylic acids is 1. The molecule has 2 aliphatic rings. The highest BCUT2D eigenvalue weighted by Gasteiger charge is 2.38. The first-order valence-electron chi connectivity index (χ1n) is 10.9. The zero-order valence-electron chi connectivity index (χ0n) is 18.3. The van der Waals surface area contributed by atoms with Crippen LogP contribution < -0.4 is 10.0 Å². The van der Waals surface area contributed by atoms with E-state index in [1.54, 1.807) is 55.5 Å². The number of anilines is 2. The summed E-state index contributed by atoms with van der Waals surface area (Å²) in [5, 5.41) is 13.3. The minimum absolute atomic E-state index is 0.00681. The summed E-state index contributed by atoms with van der Waals surface area (Å²) in [5.74, 6) is -0.689. The molecule has 3 aromatic carbocycles. The first-order valence-corrected chi connectivity index (χ1v) is 12.8. The van der Waals surface area contributed by atoms with Crippen molar-refractivity contribution in [1.29, 1.82) is 0 Å². The molecule has 0 aromatic heterocycles. The van der Waals surface area contributed by atoms with E-state index in [9.17, 15) is 18.3 Å². The first kappa shape index (κ1) is 22.5. The van der Waals surface area contributed by atoms with E-state index in [0.29, 0.717) is 10.7 Å². The number of benzene rings is 3. The van der Waals surface area contributed by atoms with Crippen molar-refractivity contribution in [2.75, 3.05) is 10.0 Å². The molecule has 1 aliphatic carbocycles. The molecule has 34 heavy (non-hydrogen) atoms. The van der Waals surface area contributed by atoms with Crippen LogP contribution in [0.2, 0.25) is 5.02 Å². The van der Waals surface area contributed by atoms with Gasteiger partial charge in [-0.1, -0.05) is 35.9 Å². The fraction of sp³-hybridized carbons (Fsp3) is 0.192. The smallest absolute Gasteiger partial charge is 0.335 e. The van der Waals surface area contributed by atoms with Gasteiger partial charge in [-0.25, -0.2) is 13.2 Å². The summed E-state index contributed by atoms with van der Waals surface area (Å²) in [7, 11) is -3.79. The summed E-state index contributed by atoms with van der Waals surface area (Å²) >= 11 is 6.00. The lowest BCUT2D eigenvalue weighted by molar-refractivity contribution is 0.0697. The molecule has 1 aliphatic heterocycles. The number of hydrogen-bond donors (Lipinski definition) is 3. The Labute approximate surface area is 203 Å². The molecule has 3 atom stereocenters. The van der Waals surface area contributed by atoms with Gasteiger partial charge >= 0.3 is 5.97 Å². The Kier molecular flexibility index (Phi) is 5.62. The van der Waals surface area contributed by atoms with E-state index in [1.165, 1.54) is 0 Å². The Bertz CT molecular complexity index is 1420. The highest BCUT2D eigenvalue weighted by molar-refractivity contribution is 7.92. The maximum absolute atomic E-state index is 13.2. The van der Waals surface area contributed by atoms with E-state index in [2.05, 4.69) is 22.2 Å². The van der Waals surface area contributed by atoms with Gasteiger partial charge in [0.2, 0.25) is 0 Å². The van der Waals surface area contributed by atoms with Gasteiger partial charge in [0.1, 0.15) is 0 Å². The first-order chi connectivity index (χ1) is 16.2. The number of nitrogens with one attached hydrogen (secondary N) is 2. The Balaban J connectivity index is 1.47. The third-order valence-corrected chi connectivity index (χ3v) is 8.19. The van der Waals surface area contributed by atoms with Crippen molar-refractivity contribution < 1.29 is 18.3 Å². The van der Waals surface area contributed by atoms with Crippen LogP contribution in [0.25, 0.3) is 0 Å². The van der Waals surface area contributed by atoms with Gasteiger partial charge in [0.25, 0.3) is 10.0 Å². The van der Waals surface area contributed by atoms with E-state index >= 15 is 0 Å². The molecule has 0 unspecified atom stereocenters. The van der Waals surface area contributed by atoms with Crippen molar-refractivity contribution in [3.05, 3.63) is 100 Å². The minimum Gasteiger partial charge on any atom is -0.478 e. The molecule has 0 spiro atoms. The van der Waals surface area contributed by atoms with Crippen LogP contribution in [-0.4, -0.2) is 19.5 Å². The Morgan fingerprint density at radius 2 is 1.85 bits per heavy atom. The summed E-state index contributed by atoms with van der Waals surface area (Å²) in [5.41, 5.74) is 4.30. The zero-order valence-corrected chi connectivity index (χ0v) is 19.9. The number of halogens is 1. The van der Waals surface area contributed by atoms with Gasteiger partial charge in [-0.05, 0) is 84.5 Å². The number of carboxylic acids is 1. The maximum Gasteiger partial charge on any atom is 0.335 e. The number of carboxylic acid groups (broad SMARTS) is 1. The molecule has 5 rings (SSSR count). The lowest BCUT2D eigenvalue weighted by Crippen LogP contribution is -2.29. The number of carbonyl (C=O) groups is 1. The topological polar surface area (TPSA) is 95.5 Å². The minimum atomic E-state index is -3.79. The lowest BCUT2D eigenvalue weighted by atomic mass is 9.77. The second-order valence-electron chi connectivity index (χ2n) is 8.72. The van der Waals surface area contributed by atoms with Crippen molar-refractivity contribution in [3.8, 4) is 0 Å². The van der Waals surface area contributed by atoms with E-state index in [-0.39, 0.29) is 28.3 Å². The molecule has 6 nitrogen and oxygen atoms in total. The summed E-state index contributed by atoms with van der Waals surface area (Å²) < 4.78 is 29.0. The van der Waals surface area contributed by atoms with Crippen molar-refractivity contribution >= 4 is 39.0 Å². The van der Waals surface area contributed by atoms with E-state index in [4.69, 9.17) is 11.6 Å². The summed E-state index contributed by atoms with van der Waals surface area (Å²) in [6, 6.07) is 17.1.